The molecule has 16 heteroatoms. The summed E-state index contributed by atoms with van der Waals surface area (Å²) >= 11 is 12.7. The molecule has 1 aliphatic heterocycles. The Morgan fingerprint density at radius 1 is 1.09 bits per heavy atom. The summed E-state index contributed by atoms with van der Waals surface area (Å²) in [5.41, 5.74) is 0.280. The van der Waals surface area contributed by atoms with E-state index < -0.39 is 47.1 Å². The molecule has 0 spiro atoms. The lowest BCUT2D eigenvalue weighted by molar-refractivity contribution is -0.377. The van der Waals surface area contributed by atoms with Crippen molar-refractivity contribution in [3.63, 3.8) is 0 Å². The van der Waals surface area contributed by atoms with Crippen LogP contribution in [0.1, 0.15) is 50.8 Å². The number of anilines is 1. The van der Waals surface area contributed by atoms with Crippen molar-refractivity contribution >= 4 is 56.7 Å². The van der Waals surface area contributed by atoms with E-state index in [1.54, 1.807) is 0 Å². The Balaban J connectivity index is 1.43. The molecule has 2 N–H and O–H groups in total. The van der Waals surface area contributed by atoms with Crippen molar-refractivity contribution in [1.29, 1.82) is 0 Å². The van der Waals surface area contributed by atoms with Crippen molar-refractivity contribution in [2.24, 2.45) is 5.92 Å². The number of aromatic nitrogens is 1. The maximum atomic E-state index is 13.3. The van der Waals surface area contributed by atoms with Crippen LogP contribution in [0.3, 0.4) is 0 Å². The zero-order valence-corrected chi connectivity index (χ0v) is 25.8. The lowest BCUT2D eigenvalue weighted by Gasteiger charge is -2.22. The van der Waals surface area contributed by atoms with Gasteiger partial charge in [-0.3, -0.25) is 24.0 Å². The summed E-state index contributed by atoms with van der Waals surface area (Å²) in [7, 11) is -3.79. The third-order valence-electron chi connectivity index (χ3n) is 6.97. The molecule has 1 aliphatic carbocycles. The first-order valence-corrected chi connectivity index (χ1v) is 16.2. The number of ether oxygens (including phenoxy) is 3. The predicted octanol–water partition coefficient (Wildman–Crippen LogP) is 4.69. The van der Waals surface area contributed by atoms with Gasteiger partial charge in [0.25, 0.3) is 11.8 Å². The van der Waals surface area contributed by atoms with E-state index in [0.29, 0.717) is 16.0 Å². The Kier molecular flexibility index (Phi) is 9.46. The molecule has 1 saturated carbocycles. The van der Waals surface area contributed by atoms with Crippen LogP contribution in [0.2, 0.25) is 10.0 Å². The minimum atomic E-state index is -3.79. The van der Waals surface area contributed by atoms with E-state index >= 15 is 0 Å². The molecule has 0 radical (unpaired) electrons. The highest BCUT2D eigenvalue weighted by molar-refractivity contribution is 7.92. The van der Waals surface area contributed by atoms with Gasteiger partial charge < -0.3 is 14.2 Å². The number of carbonyl (C=O) groups excluding carboxylic acids is 3. The molecule has 2 heterocycles. The molecule has 1 atom stereocenters. The van der Waals surface area contributed by atoms with Crippen LogP contribution < -0.4 is 19.2 Å². The van der Waals surface area contributed by atoms with E-state index in [2.05, 4.69) is 14.4 Å². The lowest BCUT2D eigenvalue weighted by Crippen LogP contribution is -2.36. The van der Waals surface area contributed by atoms with Crippen LogP contribution in [-0.4, -0.2) is 57.1 Å². The number of esters is 1. The average molecular weight is 686 g/mol. The van der Waals surface area contributed by atoms with Gasteiger partial charge >= 0.3 is 12.6 Å². The van der Waals surface area contributed by atoms with Crippen LogP contribution in [0.5, 0.6) is 11.5 Å². The van der Waals surface area contributed by atoms with Gasteiger partial charge in [0.15, 0.2) is 23.9 Å². The van der Waals surface area contributed by atoms with Gasteiger partial charge in [0.2, 0.25) is 10.0 Å². The number of alkyl halides is 2. The topological polar surface area (TPSA) is 142 Å². The first-order valence-electron chi connectivity index (χ1n) is 13.5. The normalized spacial score (nSPS) is 15.2. The zero-order valence-electron chi connectivity index (χ0n) is 23.5. The van der Waals surface area contributed by atoms with E-state index in [9.17, 15) is 31.6 Å². The predicted molar refractivity (Wildman–Crippen MR) is 157 cm³/mol. The highest BCUT2D eigenvalue weighted by atomic mass is 35.5. The number of carbonyl (C=O) groups is 3. The van der Waals surface area contributed by atoms with Crippen LogP contribution in [-0.2, 0) is 26.0 Å². The summed E-state index contributed by atoms with van der Waals surface area (Å²) in [6.45, 7) is -3.66. The SMILES string of the molecule is CS(=O)(=O)Nc1cccc2c1C(=O)N(CC(=O)O[C@@H](Cc1c(Cl)c[nH+]cc1Cl)c1ccc(OC(F)F)c(OCC3CC3)c1)C2=O. The second kappa shape index (κ2) is 13.2. The molecular weight excluding hydrogens is 659 g/mol. The second-order valence-corrected chi connectivity index (χ2v) is 13.0. The first kappa shape index (κ1) is 32.4. The fourth-order valence-electron chi connectivity index (χ4n) is 4.69. The highest BCUT2D eigenvalue weighted by Gasteiger charge is 2.40. The molecule has 3 aromatic rings. The van der Waals surface area contributed by atoms with Gasteiger partial charge in [0, 0.05) is 12.0 Å². The smallest absolute Gasteiger partial charge is 0.387 e. The number of rotatable bonds is 13. The van der Waals surface area contributed by atoms with Gasteiger partial charge in [-0.15, -0.1) is 0 Å². The van der Waals surface area contributed by atoms with Crippen LogP contribution in [0.25, 0.3) is 0 Å². The van der Waals surface area contributed by atoms with Crippen molar-refractivity contribution < 1.29 is 50.8 Å². The van der Waals surface area contributed by atoms with E-state index in [-0.39, 0.29) is 57.3 Å². The Hall–Kier alpha value is -4.01. The van der Waals surface area contributed by atoms with Crippen molar-refractivity contribution in [2.45, 2.75) is 32.0 Å². The van der Waals surface area contributed by atoms with Crippen molar-refractivity contribution in [1.82, 2.24) is 4.90 Å². The minimum Gasteiger partial charge on any atom is -0.489 e. The third-order valence-corrected chi connectivity index (χ3v) is 8.23. The zero-order chi connectivity index (χ0) is 32.5. The minimum absolute atomic E-state index is 0.00518. The van der Waals surface area contributed by atoms with Crippen LogP contribution >= 0.6 is 23.2 Å². The number of halogens is 4. The number of aromatic amines is 1. The van der Waals surface area contributed by atoms with Crippen LogP contribution in [0.4, 0.5) is 14.5 Å². The number of amides is 2. The van der Waals surface area contributed by atoms with Gasteiger partial charge in [0.1, 0.15) is 22.7 Å². The van der Waals surface area contributed by atoms with E-state index in [4.69, 9.17) is 32.7 Å². The molecule has 0 saturated heterocycles. The van der Waals surface area contributed by atoms with Gasteiger partial charge in [0.05, 0.1) is 29.7 Å². The molecule has 1 fully saturated rings. The Labute approximate surface area is 266 Å². The second-order valence-electron chi connectivity index (χ2n) is 10.5. The lowest BCUT2D eigenvalue weighted by atomic mass is 10.0. The molecule has 45 heavy (non-hydrogen) atoms. The van der Waals surface area contributed by atoms with Crippen molar-refractivity contribution in [3.8, 4) is 11.5 Å². The van der Waals surface area contributed by atoms with E-state index in [1.165, 1.54) is 48.8 Å². The third kappa shape index (κ3) is 7.81. The number of nitrogens with one attached hydrogen (secondary N) is 2. The fraction of sp³-hybridized carbons (Fsp3) is 0.310. The summed E-state index contributed by atoms with van der Waals surface area (Å²) in [6.07, 6.45) is 4.48. The molecule has 238 valence electrons. The van der Waals surface area contributed by atoms with Crippen molar-refractivity contribution in [2.75, 3.05) is 24.1 Å². The number of nitrogens with zero attached hydrogens (tertiary/aromatic N) is 1. The Morgan fingerprint density at radius 2 is 1.80 bits per heavy atom. The molecule has 2 aromatic carbocycles. The molecular formula is C29H26Cl2F2N3O8S+. The average Bonchev–Trinajstić information content (AvgIpc) is 3.76. The number of pyridine rings is 1. The number of imide groups is 1. The van der Waals surface area contributed by atoms with Crippen LogP contribution in [0.15, 0.2) is 48.8 Å². The maximum Gasteiger partial charge on any atom is 0.387 e. The van der Waals surface area contributed by atoms with Crippen LogP contribution in [0, 0.1) is 5.92 Å². The molecule has 2 aliphatic rings. The first-order chi connectivity index (χ1) is 21.3. The van der Waals surface area contributed by atoms with Gasteiger partial charge in [-0.25, -0.2) is 13.4 Å². The quantitative estimate of drug-likeness (QED) is 0.202. The number of hydrogen-bond donors (Lipinski definition) is 1. The van der Waals surface area contributed by atoms with E-state index in [1.807, 2.05) is 0 Å². The van der Waals surface area contributed by atoms with Gasteiger partial charge in [-0.2, -0.15) is 8.78 Å². The molecule has 2 amide bonds. The molecule has 1 aromatic heterocycles. The Bertz CT molecular complexity index is 1750. The molecule has 5 rings (SSSR count). The van der Waals surface area contributed by atoms with Crippen molar-refractivity contribution in [3.05, 3.63) is 81.1 Å². The molecule has 0 unspecified atom stereocenters. The summed E-state index contributed by atoms with van der Waals surface area (Å²) < 4.78 is 68.2. The number of sulfonamides is 1. The summed E-state index contributed by atoms with van der Waals surface area (Å²) in [5, 5.41) is 0.440. The molecule has 0 bridgehead atoms. The maximum absolute atomic E-state index is 13.3. The molecule has 11 nitrogen and oxygen atoms in total. The number of H-pyrrole nitrogens is 1. The highest BCUT2D eigenvalue weighted by Crippen LogP contribution is 2.38. The number of hydrogen-bond acceptors (Lipinski definition) is 8. The summed E-state index contributed by atoms with van der Waals surface area (Å²) in [5.74, 6) is -2.65. The standard InChI is InChI=1S/C29H25Cl2F2N3O8S/c1-45(40,41)35-21-4-2-3-17-26(21)28(39)36(27(17)38)13-25(37)43-23(10-18-19(30)11-34-12-20(18)31)16-7-8-22(44-29(32)33)24(9-16)42-14-15-5-6-15/h2-4,7-9,11-12,15,23,29,35H,5-6,10,13-14H2,1H3/p+1/t23-/m0/s1. The largest absolute Gasteiger partial charge is 0.489 e. The van der Waals surface area contributed by atoms with E-state index in [0.717, 1.165) is 19.1 Å². The summed E-state index contributed by atoms with van der Waals surface area (Å²) in [4.78, 5) is 43.0. The number of fused-ring (bicyclic) bond motifs is 1. The monoisotopic (exact) mass is 684 g/mol. The number of benzene rings is 2. The summed E-state index contributed by atoms with van der Waals surface area (Å²) in [6, 6.07) is 8.11. The Morgan fingerprint density at radius 3 is 2.44 bits per heavy atom. The van der Waals surface area contributed by atoms with Gasteiger partial charge in [-0.1, -0.05) is 35.3 Å². The fourth-order valence-corrected chi connectivity index (χ4v) is 5.80. The van der Waals surface area contributed by atoms with Gasteiger partial charge in [-0.05, 0) is 48.6 Å².